The molecule has 0 fully saturated rings. The fourth-order valence-corrected chi connectivity index (χ4v) is 2.87. The standard InChI is InChI=1S/C19H17N3O3S/c1-13(23)20-11-14-7-9-15(10-8-14)17(24)12-26-19-22-21-18(25-19)16-5-3-2-4-6-16/h2-10H,11-12H2,1H3,(H,20,23). The third-order valence-electron chi connectivity index (χ3n) is 3.57. The lowest BCUT2D eigenvalue weighted by atomic mass is 10.1. The summed E-state index contributed by atoms with van der Waals surface area (Å²) >= 11 is 1.21. The first-order chi connectivity index (χ1) is 12.6. The molecule has 0 spiro atoms. The first-order valence-electron chi connectivity index (χ1n) is 8.00. The van der Waals surface area contributed by atoms with Gasteiger partial charge in [0.25, 0.3) is 5.22 Å². The Morgan fingerprint density at radius 2 is 1.77 bits per heavy atom. The Bertz CT molecular complexity index is 892. The zero-order chi connectivity index (χ0) is 18.4. The average molecular weight is 367 g/mol. The number of nitrogens with one attached hydrogen (secondary N) is 1. The van der Waals surface area contributed by atoms with E-state index in [-0.39, 0.29) is 17.4 Å². The summed E-state index contributed by atoms with van der Waals surface area (Å²) in [6, 6.07) is 16.6. The molecule has 1 aromatic heterocycles. The highest BCUT2D eigenvalue weighted by Gasteiger charge is 2.12. The number of amides is 1. The highest BCUT2D eigenvalue weighted by molar-refractivity contribution is 7.99. The second-order valence-corrected chi connectivity index (χ2v) is 6.48. The number of hydrogen-bond acceptors (Lipinski definition) is 6. The maximum Gasteiger partial charge on any atom is 0.277 e. The van der Waals surface area contributed by atoms with Gasteiger partial charge in [-0.2, -0.15) is 0 Å². The van der Waals surface area contributed by atoms with E-state index in [2.05, 4.69) is 15.5 Å². The van der Waals surface area contributed by atoms with E-state index in [0.717, 1.165) is 11.1 Å². The fraction of sp³-hybridized carbons (Fsp3) is 0.158. The summed E-state index contributed by atoms with van der Waals surface area (Å²) in [6.07, 6.45) is 0. The monoisotopic (exact) mass is 367 g/mol. The molecule has 7 heteroatoms. The van der Waals surface area contributed by atoms with Gasteiger partial charge < -0.3 is 9.73 Å². The Kier molecular flexibility index (Phi) is 5.80. The van der Waals surface area contributed by atoms with Crippen LogP contribution in [0.3, 0.4) is 0 Å². The third kappa shape index (κ3) is 4.80. The molecule has 1 amide bonds. The van der Waals surface area contributed by atoms with Crippen LogP contribution in [-0.2, 0) is 11.3 Å². The van der Waals surface area contributed by atoms with Gasteiger partial charge in [0.2, 0.25) is 11.8 Å². The zero-order valence-corrected chi connectivity index (χ0v) is 15.0. The van der Waals surface area contributed by atoms with Crippen LogP contribution in [0.1, 0.15) is 22.8 Å². The van der Waals surface area contributed by atoms with Gasteiger partial charge >= 0.3 is 0 Å². The van der Waals surface area contributed by atoms with Gasteiger partial charge in [0.05, 0.1) is 5.75 Å². The molecule has 3 rings (SSSR count). The van der Waals surface area contributed by atoms with Gasteiger partial charge in [-0.25, -0.2) is 0 Å². The number of ketones is 1. The molecule has 0 saturated carbocycles. The minimum Gasteiger partial charge on any atom is -0.411 e. The number of thioether (sulfide) groups is 1. The summed E-state index contributed by atoms with van der Waals surface area (Å²) < 4.78 is 5.58. The average Bonchev–Trinajstić information content (AvgIpc) is 3.14. The number of nitrogens with zero attached hydrogens (tertiary/aromatic N) is 2. The molecule has 0 aliphatic carbocycles. The summed E-state index contributed by atoms with van der Waals surface area (Å²) in [7, 11) is 0. The van der Waals surface area contributed by atoms with Gasteiger partial charge in [-0.15, -0.1) is 10.2 Å². The van der Waals surface area contributed by atoms with Crippen LogP contribution in [-0.4, -0.2) is 27.6 Å². The normalized spacial score (nSPS) is 10.5. The molecular weight excluding hydrogens is 350 g/mol. The lowest BCUT2D eigenvalue weighted by Crippen LogP contribution is -2.18. The number of benzene rings is 2. The maximum absolute atomic E-state index is 12.3. The van der Waals surface area contributed by atoms with Crippen molar-refractivity contribution in [2.75, 3.05) is 5.75 Å². The minimum atomic E-state index is -0.0871. The van der Waals surface area contributed by atoms with E-state index in [1.54, 1.807) is 12.1 Å². The van der Waals surface area contributed by atoms with Crippen molar-refractivity contribution in [3.05, 3.63) is 65.7 Å². The number of carbonyl (C=O) groups excluding carboxylic acids is 2. The van der Waals surface area contributed by atoms with Gasteiger partial charge in [-0.05, 0) is 17.7 Å². The topological polar surface area (TPSA) is 85.1 Å². The maximum atomic E-state index is 12.3. The SMILES string of the molecule is CC(=O)NCc1ccc(C(=O)CSc2nnc(-c3ccccc3)o2)cc1. The molecule has 0 bridgehead atoms. The second-order valence-electron chi connectivity index (χ2n) is 5.56. The van der Waals surface area contributed by atoms with Crippen LogP contribution in [0.5, 0.6) is 0 Å². The number of carbonyl (C=O) groups is 2. The van der Waals surface area contributed by atoms with Crippen LogP contribution < -0.4 is 5.32 Å². The molecule has 0 unspecified atom stereocenters. The molecule has 0 atom stereocenters. The lowest BCUT2D eigenvalue weighted by molar-refractivity contribution is -0.119. The summed E-state index contributed by atoms with van der Waals surface area (Å²) in [4.78, 5) is 23.2. The molecule has 0 aliphatic heterocycles. The fourth-order valence-electron chi connectivity index (χ4n) is 2.21. The smallest absolute Gasteiger partial charge is 0.277 e. The van der Waals surface area contributed by atoms with Crippen LogP contribution >= 0.6 is 11.8 Å². The molecule has 0 radical (unpaired) electrons. The lowest BCUT2D eigenvalue weighted by Gasteiger charge is -2.04. The van der Waals surface area contributed by atoms with Gasteiger partial charge in [-0.1, -0.05) is 54.2 Å². The molecule has 6 nitrogen and oxygen atoms in total. The number of Topliss-reactive ketones (excluding diaryl/α,β-unsaturated/α-hetero) is 1. The van der Waals surface area contributed by atoms with E-state index in [4.69, 9.17) is 4.42 Å². The molecular formula is C19H17N3O3S. The molecule has 1 heterocycles. The number of rotatable bonds is 7. The summed E-state index contributed by atoms with van der Waals surface area (Å²) in [5.74, 6) is 0.529. The van der Waals surface area contributed by atoms with Gasteiger partial charge in [-0.3, -0.25) is 9.59 Å². The molecule has 2 aromatic carbocycles. The van der Waals surface area contributed by atoms with E-state index < -0.39 is 0 Å². The molecule has 26 heavy (non-hydrogen) atoms. The molecule has 0 aliphatic rings. The largest absolute Gasteiger partial charge is 0.411 e. The van der Waals surface area contributed by atoms with E-state index in [0.29, 0.717) is 23.2 Å². The highest BCUT2D eigenvalue weighted by atomic mass is 32.2. The quantitative estimate of drug-likeness (QED) is 0.509. The van der Waals surface area contributed by atoms with Crippen molar-refractivity contribution in [3.8, 4) is 11.5 Å². The molecule has 132 valence electrons. The third-order valence-corrected chi connectivity index (χ3v) is 4.39. The Morgan fingerprint density at radius 3 is 2.46 bits per heavy atom. The van der Waals surface area contributed by atoms with Crippen molar-refractivity contribution in [2.24, 2.45) is 0 Å². The predicted molar refractivity (Wildman–Crippen MR) is 98.8 cm³/mol. The molecule has 3 aromatic rings. The number of aromatic nitrogens is 2. The first kappa shape index (κ1) is 17.9. The van der Waals surface area contributed by atoms with Crippen LogP contribution in [0.15, 0.2) is 64.2 Å². The summed E-state index contributed by atoms with van der Waals surface area (Å²) in [5.41, 5.74) is 2.38. The second kappa shape index (κ2) is 8.44. The minimum absolute atomic E-state index is 0.0273. The molecule has 0 saturated heterocycles. The van der Waals surface area contributed by atoms with E-state index in [9.17, 15) is 9.59 Å². The predicted octanol–water partition coefficient (Wildman–Crippen LogP) is 3.35. The van der Waals surface area contributed by atoms with Crippen molar-refractivity contribution in [2.45, 2.75) is 18.7 Å². The van der Waals surface area contributed by atoms with Gasteiger partial charge in [0.15, 0.2) is 5.78 Å². The molecule has 1 N–H and O–H groups in total. The van der Waals surface area contributed by atoms with Crippen LogP contribution in [0.25, 0.3) is 11.5 Å². The van der Waals surface area contributed by atoms with Crippen molar-refractivity contribution in [1.82, 2.24) is 15.5 Å². The van der Waals surface area contributed by atoms with Crippen LogP contribution in [0, 0.1) is 0 Å². The van der Waals surface area contributed by atoms with Crippen molar-refractivity contribution in [3.63, 3.8) is 0 Å². The van der Waals surface area contributed by atoms with Crippen molar-refractivity contribution >= 4 is 23.5 Å². The van der Waals surface area contributed by atoms with Crippen molar-refractivity contribution < 1.29 is 14.0 Å². The Labute approximate surface area is 155 Å². The Balaban J connectivity index is 1.55. The Hall–Kier alpha value is -2.93. The first-order valence-corrected chi connectivity index (χ1v) is 8.98. The van der Waals surface area contributed by atoms with Crippen molar-refractivity contribution in [1.29, 1.82) is 0 Å². The Morgan fingerprint density at radius 1 is 1.04 bits per heavy atom. The van der Waals surface area contributed by atoms with Crippen LogP contribution in [0.4, 0.5) is 0 Å². The highest BCUT2D eigenvalue weighted by Crippen LogP contribution is 2.23. The van der Waals surface area contributed by atoms with E-state index in [1.807, 2.05) is 42.5 Å². The van der Waals surface area contributed by atoms with Gasteiger partial charge in [0.1, 0.15) is 0 Å². The van der Waals surface area contributed by atoms with Gasteiger partial charge in [0, 0.05) is 24.6 Å². The number of hydrogen-bond donors (Lipinski definition) is 1. The van der Waals surface area contributed by atoms with E-state index in [1.165, 1.54) is 18.7 Å². The van der Waals surface area contributed by atoms with Crippen LogP contribution in [0.2, 0.25) is 0 Å². The summed E-state index contributed by atoms with van der Waals surface area (Å²) in [5, 5.41) is 11.0. The zero-order valence-electron chi connectivity index (χ0n) is 14.1. The van der Waals surface area contributed by atoms with E-state index >= 15 is 0 Å². The summed E-state index contributed by atoms with van der Waals surface area (Å²) in [6.45, 7) is 1.92.